The summed E-state index contributed by atoms with van der Waals surface area (Å²) in [4.78, 5) is 43.1. The van der Waals surface area contributed by atoms with Gasteiger partial charge in [-0.15, -0.1) is 0 Å². The van der Waals surface area contributed by atoms with Gasteiger partial charge in [0.15, 0.2) is 0 Å². The number of carbonyl (C=O) groups is 3. The first-order valence-corrected chi connectivity index (χ1v) is 9.32. The molecule has 0 spiro atoms. The second kappa shape index (κ2) is 6.99. The molecule has 2 aromatic carbocycles. The Hall–Kier alpha value is -2.95. The van der Waals surface area contributed by atoms with Gasteiger partial charge in [-0.3, -0.25) is 9.59 Å². The van der Waals surface area contributed by atoms with Crippen LogP contribution < -0.4 is 0 Å². The maximum absolute atomic E-state index is 12.9. The zero-order valence-corrected chi connectivity index (χ0v) is 15.2. The number of benzene rings is 2. The minimum Gasteiger partial charge on any atom is -0.329 e. The lowest BCUT2D eigenvalue weighted by molar-refractivity contribution is -0.175. The highest BCUT2D eigenvalue weighted by atomic mass is 16.7. The van der Waals surface area contributed by atoms with E-state index in [2.05, 4.69) is 0 Å². The van der Waals surface area contributed by atoms with E-state index < -0.39 is 17.8 Å². The Balaban J connectivity index is 1.54. The Morgan fingerprint density at radius 3 is 2.15 bits per heavy atom. The van der Waals surface area contributed by atoms with Crippen molar-refractivity contribution in [1.82, 2.24) is 5.06 Å². The molecule has 0 bridgehead atoms. The zero-order chi connectivity index (χ0) is 19.0. The normalized spacial score (nSPS) is 21.9. The summed E-state index contributed by atoms with van der Waals surface area (Å²) in [6.07, 6.45) is 3.57. The molecular weight excluding hydrogens is 342 g/mol. The van der Waals surface area contributed by atoms with Gasteiger partial charge in [-0.1, -0.05) is 59.9 Å². The molecule has 0 aromatic heterocycles. The Morgan fingerprint density at radius 2 is 1.52 bits per heavy atom. The summed E-state index contributed by atoms with van der Waals surface area (Å²) in [5.41, 5.74) is 2.81. The Morgan fingerprint density at radius 1 is 0.926 bits per heavy atom. The van der Waals surface area contributed by atoms with Gasteiger partial charge in [-0.05, 0) is 43.4 Å². The summed E-state index contributed by atoms with van der Waals surface area (Å²) < 4.78 is 0. The number of nitrogens with zero attached hydrogens (tertiary/aromatic N) is 1. The van der Waals surface area contributed by atoms with E-state index in [4.69, 9.17) is 4.84 Å². The van der Waals surface area contributed by atoms with Crippen LogP contribution >= 0.6 is 0 Å². The molecule has 0 saturated heterocycles. The molecular formula is C22H21NO4. The van der Waals surface area contributed by atoms with E-state index in [-0.39, 0.29) is 23.0 Å². The molecule has 2 unspecified atom stereocenters. The van der Waals surface area contributed by atoms with E-state index in [1.165, 1.54) is 5.56 Å². The largest absolute Gasteiger partial charge is 0.336 e. The third-order valence-corrected chi connectivity index (χ3v) is 5.51. The van der Waals surface area contributed by atoms with Crippen molar-refractivity contribution < 1.29 is 19.2 Å². The predicted octanol–water partition coefficient (Wildman–Crippen LogP) is 4.02. The highest BCUT2D eigenvalue weighted by Crippen LogP contribution is 2.39. The van der Waals surface area contributed by atoms with Gasteiger partial charge < -0.3 is 4.84 Å². The molecule has 2 aliphatic rings. The van der Waals surface area contributed by atoms with Gasteiger partial charge in [-0.25, -0.2) is 4.79 Å². The van der Waals surface area contributed by atoms with Crippen LogP contribution in [0, 0.1) is 12.8 Å². The summed E-state index contributed by atoms with van der Waals surface area (Å²) >= 11 is 0. The van der Waals surface area contributed by atoms with Crippen LogP contribution in [0.4, 0.5) is 0 Å². The number of hydrogen-bond acceptors (Lipinski definition) is 4. The van der Waals surface area contributed by atoms with Gasteiger partial charge in [0.05, 0.1) is 17.0 Å². The van der Waals surface area contributed by atoms with Crippen molar-refractivity contribution in [2.24, 2.45) is 5.92 Å². The van der Waals surface area contributed by atoms with Crippen molar-refractivity contribution in [3.05, 3.63) is 70.8 Å². The van der Waals surface area contributed by atoms with Gasteiger partial charge in [0, 0.05) is 0 Å². The maximum atomic E-state index is 12.9. The van der Waals surface area contributed by atoms with Crippen molar-refractivity contribution in [2.75, 3.05) is 0 Å². The predicted molar refractivity (Wildman–Crippen MR) is 98.9 cm³/mol. The van der Waals surface area contributed by atoms with Crippen LogP contribution in [0.25, 0.3) is 0 Å². The zero-order valence-electron chi connectivity index (χ0n) is 15.2. The van der Waals surface area contributed by atoms with Gasteiger partial charge in [0.25, 0.3) is 11.8 Å². The number of imide groups is 1. The van der Waals surface area contributed by atoms with Crippen LogP contribution in [-0.4, -0.2) is 22.8 Å². The highest BCUT2D eigenvalue weighted by Gasteiger charge is 2.41. The molecule has 1 aliphatic carbocycles. The quantitative estimate of drug-likeness (QED) is 0.773. The summed E-state index contributed by atoms with van der Waals surface area (Å²) in [5, 5.41) is 0.619. The summed E-state index contributed by atoms with van der Waals surface area (Å²) in [7, 11) is 0. The van der Waals surface area contributed by atoms with Gasteiger partial charge in [0.2, 0.25) is 0 Å². The van der Waals surface area contributed by atoms with Crippen molar-refractivity contribution >= 4 is 17.8 Å². The van der Waals surface area contributed by atoms with Gasteiger partial charge in [0.1, 0.15) is 0 Å². The topological polar surface area (TPSA) is 63.7 Å². The first-order chi connectivity index (χ1) is 13.1. The molecule has 5 nitrogen and oxygen atoms in total. The van der Waals surface area contributed by atoms with Crippen molar-refractivity contribution in [3.8, 4) is 0 Å². The lowest BCUT2D eigenvalue weighted by Crippen LogP contribution is -2.37. The van der Waals surface area contributed by atoms with Crippen LogP contribution in [0.15, 0.2) is 48.5 Å². The fourth-order valence-corrected chi connectivity index (χ4v) is 4.03. The van der Waals surface area contributed by atoms with Crippen LogP contribution in [0.5, 0.6) is 0 Å². The molecule has 1 heterocycles. The Labute approximate surface area is 157 Å². The molecule has 138 valence electrons. The molecule has 0 N–H and O–H groups in total. The van der Waals surface area contributed by atoms with E-state index in [9.17, 15) is 14.4 Å². The average Bonchev–Trinajstić information content (AvgIpc) is 2.94. The number of rotatable bonds is 3. The standard InChI is InChI=1S/C22H21NO4/c1-14-10-12-15(13-11-14)16-6-2-5-9-19(16)22(26)27-23-20(24)17-7-3-4-8-18(17)21(23)25/h3-4,7-8,10-13,16,19H,2,5-6,9H2,1H3. The van der Waals surface area contributed by atoms with Crippen molar-refractivity contribution in [3.63, 3.8) is 0 Å². The van der Waals surface area contributed by atoms with E-state index in [0.717, 1.165) is 24.8 Å². The van der Waals surface area contributed by atoms with E-state index in [0.29, 0.717) is 11.5 Å². The summed E-state index contributed by atoms with van der Waals surface area (Å²) in [6.45, 7) is 2.03. The van der Waals surface area contributed by atoms with E-state index in [1.54, 1.807) is 24.3 Å². The van der Waals surface area contributed by atoms with Crippen molar-refractivity contribution in [2.45, 2.75) is 38.5 Å². The average molecular weight is 363 g/mol. The smallest absolute Gasteiger partial charge is 0.329 e. The first kappa shape index (κ1) is 17.5. The minimum absolute atomic E-state index is 0.0435. The monoisotopic (exact) mass is 363 g/mol. The first-order valence-electron chi connectivity index (χ1n) is 9.32. The van der Waals surface area contributed by atoms with E-state index in [1.807, 2.05) is 31.2 Å². The van der Waals surface area contributed by atoms with Crippen LogP contribution in [0.2, 0.25) is 0 Å². The SMILES string of the molecule is Cc1ccc(C2CCCCC2C(=O)ON2C(=O)c3ccccc3C2=O)cc1. The molecule has 1 aliphatic heterocycles. The van der Waals surface area contributed by atoms with Crippen molar-refractivity contribution in [1.29, 1.82) is 0 Å². The summed E-state index contributed by atoms with van der Waals surface area (Å²) in [6, 6.07) is 14.7. The molecule has 2 aromatic rings. The molecule has 2 amide bonds. The lowest BCUT2D eigenvalue weighted by atomic mass is 9.75. The molecule has 1 fully saturated rings. The molecule has 4 rings (SSSR count). The molecule has 27 heavy (non-hydrogen) atoms. The Bertz CT molecular complexity index is 868. The number of fused-ring (bicyclic) bond motifs is 1. The fourth-order valence-electron chi connectivity index (χ4n) is 4.03. The van der Waals surface area contributed by atoms with E-state index >= 15 is 0 Å². The number of hydrogen-bond donors (Lipinski definition) is 0. The van der Waals surface area contributed by atoms with Gasteiger partial charge in [-0.2, -0.15) is 0 Å². The van der Waals surface area contributed by atoms with Crippen LogP contribution in [0.3, 0.4) is 0 Å². The highest BCUT2D eigenvalue weighted by molar-refractivity contribution is 6.20. The number of amides is 2. The van der Waals surface area contributed by atoms with Crippen LogP contribution in [-0.2, 0) is 9.63 Å². The lowest BCUT2D eigenvalue weighted by Gasteiger charge is -2.30. The van der Waals surface area contributed by atoms with Crippen LogP contribution in [0.1, 0.15) is 63.4 Å². The number of hydroxylamine groups is 2. The molecule has 2 atom stereocenters. The Kier molecular flexibility index (Phi) is 4.52. The second-order valence-electron chi connectivity index (χ2n) is 7.27. The minimum atomic E-state index is -0.577. The molecule has 0 radical (unpaired) electrons. The third kappa shape index (κ3) is 3.14. The molecule has 1 saturated carbocycles. The fraction of sp³-hybridized carbons (Fsp3) is 0.318. The maximum Gasteiger partial charge on any atom is 0.336 e. The second-order valence-corrected chi connectivity index (χ2v) is 7.27. The van der Waals surface area contributed by atoms with Gasteiger partial charge >= 0.3 is 5.97 Å². The molecule has 5 heteroatoms. The third-order valence-electron chi connectivity index (χ3n) is 5.51. The number of aryl methyl sites for hydroxylation is 1. The number of carbonyl (C=O) groups excluding carboxylic acids is 3. The summed E-state index contributed by atoms with van der Waals surface area (Å²) in [5.74, 6) is -1.97.